The summed E-state index contributed by atoms with van der Waals surface area (Å²) in [6.45, 7) is 0.827. The summed E-state index contributed by atoms with van der Waals surface area (Å²) in [5.41, 5.74) is 2.15. The molecule has 0 aliphatic heterocycles. The second-order valence-electron chi connectivity index (χ2n) is 6.30. The zero-order valence-corrected chi connectivity index (χ0v) is 17.2. The first kappa shape index (κ1) is 19.7. The molecule has 0 amide bonds. The molecule has 6 nitrogen and oxygen atoms in total. The van der Waals surface area contributed by atoms with Crippen LogP contribution in [0.15, 0.2) is 69.2 Å². The van der Waals surface area contributed by atoms with Crippen molar-refractivity contribution in [1.29, 1.82) is 0 Å². The molecule has 4 rings (SSSR count). The Hall–Kier alpha value is -2.61. The van der Waals surface area contributed by atoms with E-state index in [4.69, 9.17) is 20.8 Å². The topological polar surface area (TPSA) is 70.2 Å². The molecule has 0 spiro atoms. The van der Waals surface area contributed by atoms with Crippen molar-refractivity contribution in [2.75, 3.05) is 13.7 Å². The summed E-state index contributed by atoms with van der Waals surface area (Å²) in [5.74, 6) is 1.08. The molecule has 29 heavy (non-hydrogen) atoms. The van der Waals surface area contributed by atoms with Crippen molar-refractivity contribution in [3.05, 3.63) is 75.9 Å². The first-order valence-corrected chi connectivity index (χ1v) is 10.3. The maximum absolute atomic E-state index is 12.9. The van der Waals surface area contributed by atoms with Crippen LogP contribution in [0.4, 0.5) is 0 Å². The first-order chi connectivity index (χ1) is 14.2. The summed E-state index contributed by atoms with van der Waals surface area (Å²) >= 11 is 7.51. The number of thioether (sulfide) groups is 1. The van der Waals surface area contributed by atoms with Crippen molar-refractivity contribution in [1.82, 2.24) is 14.5 Å². The zero-order valence-electron chi connectivity index (χ0n) is 15.7. The van der Waals surface area contributed by atoms with Crippen LogP contribution >= 0.6 is 23.4 Å². The zero-order chi connectivity index (χ0) is 20.2. The highest BCUT2D eigenvalue weighted by atomic mass is 35.5. The van der Waals surface area contributed by atoms with Gasteiger partial charge in [0.05, 0.1) is 29.7 Å². The molecule has 2 aromatic heterocycles. The lowest BCUT2D eigenvalue weighted by molar-refractivity contribution is 0.183. The van der Waals surface area contributed by atoms with Crippen LogP contribution in [-0.4, -0.2) is 28.3 Å². The van der Waals surface area contributed by atoms with E-state index in [-0.39, 0.29) is 5.56 Å². The van der Waals surface area contributed by atoms with Gasteiger partial charge in [0.2, 0.25) is 5.89 Å². The maximum atomic E-state index is 12.9. The number of oxazole rings is 1. The van der Waals surface area contributed by atoms with Gasteiger partial charge in [0.25, 0.3) is 5.56 Å². The van der Waals surface area contributed by atoms with Gasteiger partial charge in [0, 0.05) is 23.4 Å². The molecule has 2 aromatic carbocycles. The fourth-order valence-corrected chi connectivity index (χ4v) is 3.96. The van der Waals surface area contributed by atoms with E-state index in [2.05, 4.69) is 9.97 Å². The predicted octanol–water partition coefficient (Wildman–Crippen LogP) is 4.64. The normalized spacial score (nSPS) is 11.2. The van der Waals surface area contributed by atoms with E-state index in [1.807, 2.05) is 30.3 Å². The lowest BCUT2D eigenvalue weighted by Crippen LogP contribution is -2.25. The molecule has 4 aromatic rings. The Bertz CT molecular complexity index is 1190. The molecule has 148 valence electrons. The fraction of sp³-hybridized carbons (Fsp3) is 0.190. The molecule has 0 aliphatic carbocycles. The summed E-state index contributed by atoms with van der Waals surface area (Å²) in [6.07, 6.45) is 1.63. The highest BCUT2D eigenvalue weighted by Crippen LogP contribution is 2.25. The van der Waals surface area contributed by atoms with E-state index in [1.165, 1.54) is 11.8 Å². The van der Waals surface area contributed by atoms with Crippen molar-refractivity contribution in [3.63, 3.8) is 0 Å². The van der Waals surface area contributed by atoms with Crippen LogP contribution in [0, 0.1) is 0 Å². The van der Waals surface area contributed by atoms with E-state index >= 15 is 0 Å². The Morgan fingerprint density at radius 3 is 2.79 bits per heavy atom. The molecule has 0 bridgehead atoms. The number of halogens is 1. The Kier molecular flexibility index (Phi) is 5.99. The van der Waals surface area contributed by atoms with E-state index in [9.17, 15) is 4.79 Å². The second-order valence-corrected chi connectivity index (χ2v) is 7.68. The Balaban J connectivity index is 1.63. The molecule has 0 radical (unpaired) electrons. The van der Waals surface area contributed by atoms with Gasteiger partial charge in [-0.15, -0.1) is 0 Å². The van der Waals surface area contributed by atoms with Gasteiger partial charge in [-0.1, -0.05) is 41.6 Å². The van der Waals surface area contributed by atoms with Crippen LogP contribution < -0.4 is 5.56 Å². The summed E-state index contributed by atoms with van der Waals surface area (Å²) in [5, 5.41) is 1.66. The van der Waals surface area contributed by atoms with Crippen molar-refractivity contribution >= 4 is 34.3 Å². The SMILES string of the molecule is COCCn1c(SCc2coc(-c3ccccc3)n2)nc2cc(Cl)ccc2c1=O. The third kappa shape index (κ3) is 4.37. The number of benzene rings is 2. The largest absolute Gasteiger partial charge is 0.444 e. The minimum Gasteiger partial charge on any atom is -0.444 e. The Labute approximate surface area is 176 Å². The third-order valence-corrected chi connectivity index (χ3v) is 5.57. The second kappa shape index (κ2) is 8.82. The molecule has 0 fully saturated rings. The summed E-state index contributed by atoms with van der Waals surface area (Å²) < 4.78 is 12.4. The Morgan fingerprint density at radius 2 is 2.00 bits per heavy atom. The highest BCUT2D eigenvalue weighted by Gasteiger charge is 2.14. The number of ether oxygens (including phenoxy) is 1. The molecule has 8 heteroatoms. The molecular formula is C21H18ClN3O3S. The predicted molar refractivity (Wildman–Crippen MR) is 114 cm³/mol. The van der Waals surface area contributed by atoms with Crippen LogP contribution in [0.1, 0.15) is 5.69 Å². The van der Waals surface area contributed by atoms with Crippen LogP contribution in [0.25, 0.3) is 22.4 Å². The smallest absolute Gasteiger partial charge is 0.262 e. The van der Waals surface area contributed by atoms with Gasteiger partial charge >= 0.3 is 0 Å². The van der Waals surface area contributed by atoms with E-state index in [0.717, 1.165) is 11.3 Å². The number of aromatic nitrogens is 3. The monoisotopic (exact) mass is 427 g/mol. The molecule has 2 heterocycles. The van der Waals surface area contributed by atoms with Gasteiger partial charge < -0.3 is 9.15 Å². The Morgan fingerprint density at radius 1 is 1.17 bits per heavy atom. The van der Waals surface area contributed by atoms with E-state index in [0.29, 0.717) is 45.9 Å². The number of nitrogens with zero attached hydrogens (tertiary/aromatic N) is 3. The van der Waals surface area contributed by atoms with Crippen molar-refractivity contribution < 1.29 is 9.15 Å². The standard InChI is InChI=1S/C21H18ClN3O3S/c1-27-10-9-25-20(26)17-8-7-15(22)11-18(17)24-21(25)29-13-16-12-28-19(23-16)14-5-3-2-4-6-14/h2-8,11-12H,9-10,13H2,1H3. The van der Waals surface area contributed by atoms with Gasteiger partial charge in [0.15, 0.2) is 5.16 Å². The maximum Gasteiger partial charge on any atom is 0.262 e. The summed E-state index contributed by atoms with van der Waals surface area (Å²) in [6, 6.07) is 14.8. The van der Waals surface area contributed by atoms with Crippen LogP contribution in [0.2, 0.25) is 5.02 Å². The molecule has 0 atom stereocenters. The lowest BCUT2D eigenvalue weighted by atomic mass is 10.2. The van der Waals surface area contributed by atoms with Crippen molar-refractivity contribution in [2.45, 2.75) is 17.5 Å². The van der Waals surface area contributed by atoms with Gasteiger partial charge in [-0.3, -0.25) is 9.36 Å². The molecule has 0 aliphatic rings. The first-order valence-electron chi connectivity index (χ1n) is 8.97. The average Bonchev–Trinajstić information content (AvgIpc) is 3.21. The molecule has 0 saturated heterocycles. The van der Waals surface area contributed by atoms with E-state index in [1.54, 1.807) is 36.1 Å². The summed E-state index contributed by atoms with van der Waals surface area (Å²) in [7, 11) is 1.60. The third-order valence-electron chi connectivity index (χ3n) is 4.32. The van der Waals surface area contributed by atoms with Crippen molar-refractivity contribution in [2.24, 2.45) is 0 Å². The van der Waals surface area contributed by atoms with Gasteiger partial charge in [-0.2, -0.15) is 0 Å². The number of fused-ring (bicyclic) bond motifs is 1. The molecule has 0 N–H and O–H groups in total. The quantitative estimate of drug-likeness (QED) is 0.316. The average molecular weight is 428 g/mol. The number of methoxy groups -OCH3 is 1. The molecule has 0 unspecified atom stereocenters. The van der Waals surface area contributed by atoms with Crippen LogP contribution in [0.5, 0.6) is 0 Å². The fourth-order valence-electron chi connectivity index (χ4n) is 2.89. The summed E-state index contributed by atoms with van der Waals surface area (Å²) in [4.78, 5) is 22.1. The number of rotatable bonds is 7. The lowest BCUT2D eigenvalue weighted by Gasteiger charge is -2.12. The number of hydrogen-bond donors (Lipinski definition) is 0. The number of hydrogen-bond acceptors (Lipinski definition) is 6. The van der Waals surface area contributed by atoms with Gasteiger partial charge in [-0.25, -0.2) is 9.97 Å². The molecular weight excluding hydrogens is 410 g/mol. The molecule has 0 saturated carbocycles. The van der Waals surface area contributed by atoms with Crippen LogP contribution in [0.3, 0.4) is 0 Å². The van der Waals surface area contributed by atoms with Gasteiger partial charge in [0.1, 0.15) is 6.26 Å². The van der Waals surface area contributed by atoms with Crippen molar-refractivity contribution in [3.8, 4) is 11.5 Å². The minimum absolute atomic E-state index is 0.114. The van der Waals surface area contributed by atoms with Crippen LogP contribution in [-0.2, 0) is 17.0 Å². The van der Waals surface area contributed by atoms with Gasteiger partial charge in [-0.05, 0) is 30.3 Å². The highest BCUT2D eigenvalue weighted by molar-refractivity contribution is 7.98. The van der Waals surface area contributed by atoms with E-state index < -0.39 is 0 Å². The minimum atomic E-state index is -0.114.